The number of ether oxygens (including phenoxy) is 1. The van der Waals surface area contributed by atoms with Crippen molar-refractivity contribution < 1.29 is 14.3 Å². The zero-order valence-electron chi connectivity index (χ0n) is 15.2. The van der Waals surface area contributed by atoms with E-state index >= 15 is 0 Å². The molecule has 0 spiro atoms. The van der Waals surface area contributed by atoms with Crippen molar-refractivity contribution in [2.45, 2.75) is 25.3 Å². The van der Waals surface area contributed by atoms with Crippen molar-refractivity contribution in [1.29, 1.82) is 0 Å². The molecule has 2 aromatic rings. The van der Waals surface area contributed by atoms with E-state index in [2.05, 4.69) is 20.2 Å². The Balaban J connectivity index is 1.42. The Hall–Kier alpha value is -2.96. The maximum Gasteiger partial charge on any atom is 0.321 e. The van der Waals surface area contributed by atoms with Crippen LogP contribution in [-0.4, -0.2) is 48.1 Å². The second-order valence-corrected chi connectivity index (χ2v) is 7.09. The first-order valence-electron chi connectivity index (χ1n) is 9.15. The summed E-state index contributed by atoms with van der Waals surface area (Å²) in [5.41, 5.74) is 0.945. The fourth-order valence-electron chi connectivity index (χ4n) is 3.50. The van der Waals surface area contributed by atoms with E-state index in [1.807, 2.05) is 36.4 Å². The molecule has 1 saturated heterocycles. The number of nitrogens with one attached hydrogen (secondary N) is 1. The first-order chi connectivity index (χ1) is 13.1. The standard InChI is InChI=1S/C20H22N4O3/c1-27-18(26)20(9-10-20)17(25)22-15-8-12-24(13-15)19-21-11-7-16(23-19)14-5-3-2-4-6-14/h2-7,11,15H,8-10,12-13H2,1H3,(H,22,25). The van der Waals surface area contributed by atoms with Crippen LogP contribution >= 0.6 is 0 Å². The molecule has 27 heavy (non-hydrogen) atoms. The average molecular weight is 366 g/mol. The highest BCUT2D eigenvalue weighted by molar-refractivity contribution is 6.05. The van der Waals surface area contributed by atoms with E-state index in [1.165, 1.54) is 7.11 Å². The van der Waals surface area contributed by atoms with Crippen molar-refractivity contribution in [3.05, 3.63) is 42.6 Å². The van der Waals surface area contributed by atoms with E-state index in [4.69, 9.17) is 4.74 Å². The number of aromatic nitrogens is 2. The maximum atomic E-state index is 12.5. The van der Waals surface area contributed by atoms with Gasteiger partial charge in [0.25, 0.3) is 0 Å². The van der Waals surface area contributed by atoms with Gasteiger partial charge in [-0.1, -0.05) is 30.3 Å². The number of methoxy groups -OCH3 is 1. The monoisotopic (exact) mass is 366 g/mol. The normalized spacial score (nSPS) is 20.2. The van der Waals surface area contributed by atoms with Gasteiger partial charge in [0.05, 0.1) is 12.8 Å². The minimum absolute atomic E-state index is 0.0244. The summed E-state index contributed by atoms with van der Waals surface area (Å²) in [7, 11) is 1.32. The van der Waals surface area contributed by atoms with Crippen molar-refractivity contribution in [1.82, 2.24) is 15.3 Å². The Morgan fingerprint density at radius 3 is 2.70 bits per heavy atom. The third-order valence-corrected chi connectivity index (χ3v) is 5.28. The summed E-state index contributed by atoms with van der Waals surface area (Å²) in [6.07, 6.45) is 3.67. The van der Waals surface area contributed by atoms with E-state index in [9.17, 15) is 9.59 Å². The van der Waals surface area contributed by atoms with E-state index in [0.29, 0.717) is 25.3 Å². The van der Waals surface area contributed by atoms with Crippen LogP contribution in [0.15, 0.2) is 42.6 Å². The molecule has 1 aromatic carbocycles. The molecule has 1 aromatic heterocycles. The van der Waals surface area contributed by atoms with Crippen LogP contribution in [0.25, 0.3) is 11.3 Å². The number of carbonyl (C=O) groups excluding carboxylic acids is 2. The van der Waals surface area contributed by atoms with Crippen molar-refractivity contribution in [2.75, 3.05) is 25.1 Å². The van der Waals surface area contributed by atoms with E-state index in [1.54, 1.807) is 6.20 Å². The first-order valence-corrected chi connectivity index (χ1v) is 9.15. The summed E-state index contributed by atoms with van der Waals surface area (Å²) in [4.78, 5) is 35.5. The van der Waals surface area contributed by atoms with Crippen LogP contribution in [0.1, 0.15) is 19.3 Å². The third-order valence-electron chi connectivity index (χ3n) is 5.28. The molecule has 1 atom stereocenters. The highest BCUT2D eigenvalue weighted by atomic mass is 16.5. The van der Waals surface area contributed by atoms with Gasteiger partial charge in [-0.05, 0) is 25.3 Å². The Labute approximate surface area is 157 Å². The molecule has 2 fully saturated rings. The molecule has 7 nitrogen and oxygen atoms in total. The predicted octanol–water partition coefficient (Wildman–Crippen LogP) is 1.79. The SMILES string of the molecule is COC(=O)C1(C(=O)NC2CCN(c3nccc(-c4ccccc4)n3)C2)CC1. The Morgan fingerprint density at radius 2 is 2.00 bits per heavy atom. The van der Waals surface area contributed by atoms with Crippen molar-refractivity contribution in [3.63, 3.8) is 0 Å². The number of carbonyl (C=O) groups is 2. The Bertz CT molecular complexity index is 851. The van der Waals surface area contributed by atoms with E-state index < -0.39 is 11.4 Å². The van der Waals surface area contributed by atoms with Gasteiger partial charge in [0.15, 0.2) is 0 Å². The lowest BCUT2D eigenvalue weighted by Gasteiger charge is -2.19. The van der Waals surface area contributed by atoms with Gasteiger partial charge in [0.1, 0.15) is 5.41 Å². The number of hydrogen-bond acceptors (Lipinski definition) is 6. The van der Waals surface area contributed by atoms with Gasteiger partial charge in [-0.15, -0.1) is 0 Å². The lowest BCUT2D eigenvalue weighted by Crippen LogP contribution is -2.44. The zero-order chi connectivity index (χ0) is 18.9. The highest BCUT2D eigenvalue weighted by Gasteiger charge is 2.58. The summed E-state index contributed by atoms with van der Waals surface area (Å²) in [5.74, 6) is -0.00360. The topological polar surface area (TPSA) is 84.4 Å². The Morgan fingerprint density at radius 1 is 1.22 bits per heavy atom. The van der Waals surface area contributed by atoms with Crippen LogP contribution in [-0.2, 0) is 14.3 Å². The number of nitrogens with zero attached hydrogens (tertiary/aromatic N) is 3. The summed E-state index contributed by atoms with van der Waals surface area (Å²) >= 11 is 0. The fraction of sp³-hybridized carbons (Fsp3) is 0.400. The third kappa shape index (κ3) is 3.37. The number of amides is 1. The maximum absolute atomic E-state index is 12.5. The number of anilines is 1. The second kappa shape index (κ2) is 6.98. The van der Waals surface area contributed by atoms with Crippen molar-refractivity contribution in [2.24, 2.45) is 5.41 Å². The highest BCUT2D eigenvalue weighted by Crippen LogP contribution is 2.47. The molecule has 1 unspecified atom stereocenters. The second-order valence-electron chi connectivity index (χ2n) is 7.09. The summed E-state index contributed by atoms with van der Waals surface area (Å²) in [6, 6.07) is 11.8. The summed E-state index contributed by atoms with van der Waals surface area (Å²) in [6.45, 7) is 1.38. The van der Waals surface area contributed by atoms with Gasteiger partial charge in [-0.25, -0.2) is 9.97 Å². The van der Waals surface area contributed by atoms with Crippen LogP contribution in [0.5, 0.6) is 0 Å². The number of hydrogen-bond donors (Lipinski definition) is 1. The molecule has 0 bridgehead atoms. The molecule has 0 radical (unpaired) electrons. The molecular formula is C20H22N4O3. The smallest absolute Gasteiger partial charge is 0.321 e. The molecule has 2 aliphatic rings. The molecule has 1 aliphatic carbocycles. The fourth-order valence-corrected chi connectivity index (χ4v) is 3.50. The van der Waals surface area contributed by atoms with Crippen LogP contribution in [0, 0.1) is 5.41 Å². The van der Waals surface area contributed by atoms with Crippen molar-refractivity contribution in [3.8, 4) is 11.3 Å². The van der Waals surface area contributed by atoms with E-state index in [0.717, 1.165) is 24.2 Å². The number of esters is 1. The van der Waals surface area contributed by atoms with Gasteiger partial charge in [0, 0.05) is 30.9 Å². The first kappa shape index (κ1) is 17.5. The number of rotatable bonds is 5. The molecule has 140 valence electrons. The van der Waals surface area contributed by atoms with Gasteiger partial charge in [-0.2, -0.15) is 0 Å². The average Bonchev–Trinajstić information content (AvgIpc) is 3.41. The molecule has 1 N–H and O–H groups in total. The molecule has 1 saturated carbocycles. The van der Waals surface area contributed by atoms with Crippen molar-refractivity contribution >= 4 is 17.8 Å². The lowest BCUT2D eigenvalue weighted by molar-refractivity contribution is -0.152. The van der Waals surface area contributed by atoms with Crippen LogP contribution < -0.4 is 10.2 Å². The number of benzene rings is 1. The predicted molar refractivity (Wildman–Crippen MR) is 99.9 cm³/mol. The minimum atomic E-state index is -0.966. The lowest BCUT2D eigenvalue weighted by atomic mass is 10.1. The summed E-state index contributed by atoms with van der Waals surface area (Å²) < 4.78 is 4.78. The molecule has 7 heteroatoms. The molecule has 1 amide bonds. The molecule has 4 rings (SSSR count). The molecular weight excluding hydrogens is 344 g/mol. The molecule has 1 aliphatic heterocycles. The minimum Gasteiger partial charge on any atom is -0.468 e. The van der Waals surface area contributed by atoms with Gasteiger partial charge in [-0.3, -0.25) is 9.59 Å². The van der Waals surface area contributed by atoms with E-state index in [-0.39, 0.29) is 11.9 Å². The summed E-state index contributed by atoms with van der Waals surface area (Å²) in [5, 5.41) is 3.01. The van der Waals surface area contributed by atoms with Gasteiger partial charge >= 0.3 is 5.97 Å². The Kier molecular flexibility index (Phi) is 4.51. The zero-order valence-corrected chi connectivity index (χ0v) is 15.2. The van der Waals surface area contributed by atoms with Crippen LogP contribution in [0.3, 0.4) is 0 Å². The quantitative estimate of drug-likeness (QED) is 0.642. The van der Waals surface area contributed by atoms with Gasteiger partial charge in [0.2, 0.25) is 11.9 Å². The van der Waals surface area contributed by atoms with Crippen LogP contribution in [0.4, 0.5) is 5.95 Å². The van der Waals surface area contributed by atoms with Gasteiger partial charge < -0.3 is 15.0 Å². The van der Waals surface area contributed by atoms with Crippen LogP contribution in [0.2, 0.25) is 0 Å². The molecule has 2 heterocycles. The largest absolute Gasteiger partial charge is 0.468 e.